The molecule has 1 aromatic carbocycles. The summed E-state index contributed by atoms with van der Waals surface area (Å²) in [6.45, 7) is 4.78. The molecule has 0 unspecified atom stereocenters. The summed E-state index contributed by atoms with van der Waals surface area (Å²) in [6.07, 6.45) is 4.38. The van der Waals surface area contributed by atoms with Crippen LogP contribution in [0.1, 0.15) is 24.0 Å². The van der Waals surface area contributed by atoms with Crippen LogP contribution < -0.4 is 0 Å². The number of fused-ring (bicyclic) bond motifs is 5. The smallest absolute Gasteiger partial charge is 0.160 e. The molecule has 0 aliphatic carbocycles. The van der Waals surface area contributed by atoms with Gasteiger partial charge in [-0.2, -0.15) is 5.10 Å². The van der Waals surface area contributed by atoms with Crippen molar-refractivity contribution in [2.75, 3.05) is 0 Å². The Hall–Kier alpha value is -2.14. The summed E-state index contributed by atoms with van der Waals surface area (Å²) in [5.74, 6) is 1.84. The molecule has 21 heavy (non-hydrogen) atoms. The fourth-order valence-electron chi connectivity index (χ4n) is 3.02. The largest absolute Gasteiger partial charge is 0.298 e. The SMILES string of the molecule is CCc1cc(Cl)cc2c1-c1ncnn1Cc1cnc(C)n1-2. The third kappa shape index (κ3) is 1.74. The molecule has 1 aliphatic rings. The number of halogens is 1. The molecule has 0 saturated carbocycles. The number of imidazole rings is 1. The maximum absolute atomic E-state index is 6.32. The van der Waals surface area contributed by atoms with E-state index in [1.165, 1.54) is 5.56 Å². The van der Waals surface area contributed by atoms with Crippen LogP contribution in [0.2, 0.25) is 5.02 Å². The van der Waals surface area contributed by atoms with Crippen LogP contribution in [0.4, 0.5) is 0 Å². The lowest BCUT2D eigenvalue weighted by Crippen LogP contribution is -2.05. The summed E-state index contributed by atoms with van der Waals surface area (Å²) >= 11 is 6.32. The first kappa shape index (κ1) is 12.6. The minimum atomic E-state index is 0.658. The van der Waals surface area contributed by atoms with E-state index in [4.69, 9.17) is 11.6 Å². The van der Waals surface area contributed by atoms with Crippen molar-refractivity contribution < 1.29 is 0 Å². The standard InChI is InChI=1S/C15H14ClN5/c1-3-10-4-11(16)5-13-14(10)15-18-8-19-20(15)7-12-6-17-9(2)21(12)13/h4-6,8H,3,7H2,1-2H3. The van der Waals surface area contributed by atoms with Gasteiger partial charge in [-0.3, -0.25) is 4.57 Å². The molecule has 6 heteroatoms. The number of nitrogens with zero attached hydrogens (tertiary/aromatic N) is 5. The second kappa shape index (κ2) is 4.43. The molecule has 4 rings (SSSR count). The first-order valence-electron chi connectivity index (χ1n) is 6.93. The second-order valence-electron chi connectivity index (χ2n) is 5.19. The van der Waals surface area contributed by atoms with E-state index in [1.807, 2.05) is 29.9 Å². The lowest BCUT2D eigenvalue weighted by molar-refractivity contribution is 0.675. The molecule has 2 aromatic heterocycles. The minimum Gasteiger partial charge on any atom is -0.298 e. The van der Waals surface area contributed by atoms with Crippen LogP contribution in [0, 0.1) is 6.92 Å². The van der Waals surface area contributed by atoms with Crippen LogP contribution >= 0.6 is 11.6 Å². The molecule has 0 N–H and O–H groups in total. The average Bonchev–Trinajstić information content (AvgIpc) is 3.03. The molecule has 1 aliphatic heterocycles. The summed E-state index contributed by atoms with van der Waals surface area (Å²) in [5.41, 5.74) is 4.39. The van der Waals surface area contributed by atoms with Crippen LogP contribution in [0.5, 0.6) is 0 Å². The first-order valence-corrected chi connectivity index (χ1v) is 7.31. The molecular formula is C15H14ClN5. The van der Waals surface area contributed by atoms with Gasteiger partial charge in [0.15, 0.2) is 5.82 Å². The monoisotopic (exact) mass is 299 g/mol. The number of rotatable bonds is 1. The highest BCUT2D eigenvalue weighted by atomic mass is 35.5. The molecule has 0 radical (unpaired) electrons. The van der Waals surface area contributed by atoms with Crippen LogP contribution in [0.25, 0.3) is 17.1 Å². The van der Waals surface area contributed by atoms with Gasteiger partial charge in [0.1, 0.15) is 12.2 Å². The summed E-state index contributed by atoms with van der Waals surface area (Å²) in [5, 5.41) is 5.09. The predicted molar refractivity (Wildman–Crippen MR) is 80.8 cm³/mol. The maximum Gasteiger partial charge on any atom is 0.160 e. The van der Waals surface area contributed by atoms with E-state index in [-0.39, 0.29) is 0 Å². The Bertz CT molecular complexity index is 846. The zero-order chi connectivity index (χ0) is 14.6. The Morgan fingerprint density at radius 3 is 2.95 bits per heavy atom. The highest BCUT2D eigenvalue weighted by molar-refractivity contribution is 6.31. The molecule has 0 amide bonds. The van der Waals surface area contributed by atoms with Gasteiger partial charge in [0.25, 0.3) is 0 Å². The van der Waals surface area contributed by atoms with Gasteiger partial charge in [-0.05, 0) is 31.0 Å². The zero-order valence-electron chi connectivity index (χ0n) is 11.8. The molecule has 0 atom stereocenters. The van der Waals surface area contributed by atoms with E-state index in [0.717, 1.165) is 40.0 Å². The van der Waals surface area contributed by atoms with Gasteiger partial charge in [-0.25, -0.2) is 14.6 Å². The molecule has 3 aromatic rings. The van der Waals surface area contributed by atoms with Crippen molar-refractivity contribution in [2.45, 2.75) is 26.8 Å². The Morgan fingerprint density at radius 2 is 2.14 bits per heavy atom. The quantitative estimate of drug-likeness (QED) is 0.543. The Morgan fingerprint density at radius 1 is 1.29 bits per heavy atom. The fraction of sp³-hybridized carbons (Fsp3) is 0.267. The van der Waals surface area contributed by atoms with Crippen LogP contribution in [-0.4, -0.2) is 24.3 Å². The van der Waals surface area contributed by atoms with Crippen molar-refractivity contribution in [1.29, 1.82) is 0 Å². The summed E-state index contributed by atoms with van der Waals surface area (Å²) in [7, 11) is 0. The summed E-state index contributed by atoms with van der Waals surface area (Å²) in [4.78, 5) is 8.90. The first-order chi connectivity index (χ1) is 10.2. The van der Waals surface area contributed by atoms with E-state index in [2.05, 4.69) is 26.6 Å². The topological polar surface area (TPSA) is 48.5 Å². The van der Waals surface area contributed by atoms with Crippen molar-refractivity contribution in [2.24, 2.45) is 0 Å². The van der Waals surface area contributed by atoms with Crippen molar-refractivity contribution in [1.82, 2.24) is 24.3 Å². The summed E-state index contributed by atoms with van der Waals surface area (Å²) in [6, 6.07) is 4.00. The van der Waals surface area contributed by atoms with E-state index in [1.54, 1.807) is 6.33 Å². The average molecular weight is 300 g/mol. The van der Waals surface area contributed by atoms with E-state index >= 15 is 0 Å². The lowest BCUT2D eigenvalue weighted by Gasteiger charge is -2.14. The van der Waals surface area contributed by atoms with E-state index < -0.39 is 0 Å². The number of hydrogen-bond acceptors (Lipinski definition) is 3. The molecule has 0 spiro atoms. The molecular weight excluding hydrogens is 286 g/mol. The van der Waals surface area contributed by atoms with Gasteiger partial charge in [0, 0.05) is 10.6 Å². The van der Waals surface area contributed by atoms with Crippen LogP contribution in [-0.2, 0) is 13.0 Å². The number of hydrogen-bond donors (Lipinski definition) is 0. The third-order valence-electron chi connectivity index (χ3n) is 3.95. The van der Waals surface area contributed by atoms with Crippen molar-refractivity contribution in [3.05, 3.63) is 46.8 Å². The lowest BCUT2D eigenvalue weighted by atomic mass is 10.0. The highest BCUT2D eigenvalue weighted by Gasteiger charge is 2.24. The molecule has 0 fully saturated rings. The fourth-order valence-corrected chi connectivity index (χ4v) is 3.25. The van der Waals surface area contributed by atoms with Crippen LogP contribution in [0.15, 0.2) is 24.7 Å². The number of benzene rings is 1. The second-order valence-corrected chi connectivity index (χ2v) is 5.62. The van der Waals surface area contributed by atoms with Gasteiger partial charge < -0.3 is 0 Å². The van der Waals surface area contributed by atoms with Gasteiger partial charge >= 0.3 is 0 Å². The van der Waals surface area contributed by atoms with Gasteiger partial charge in [-0.15, -0.1) is 0 Å². The summed E-state index contributed by atoms with van der Waals surface area (Å²) < 4.78 is 4.07. The molecule has 0 saturated heterocycles. The van der Waals surface area contributed by atoms with Crippen molar-refractivity contribution >= 4 is 11.6 Å². The molecule has 5 nitrogen and oxygen atoms in total. The zero-order valence-corrected chi connectivity index (χ0v) is 12.6. The Labute approximate surface area is 127 Å². The van der Waals surface area contributed by atoms with Crippen molar-refractivity contribution in [3.8, 4) is 17.1 Å². The maximum atomic E-state index is 6.32. The molecule has 0 bridgehead atoms. The number of aryl methyl sites for hydroxylation is 2. The predicted octanol–water partition coefficient (Wildman–Crippen LogP) is 3.02. The van der Waals surface area contributed by atoms with Crippen LogP contribution in [0.3, 0.4) is 0 Å². The Kier molecular flexibility index (Phi) is 2.65. The molecule has 3 heterocycles. The van der Waals surface area contributed by atoms with Gasteiger partial charge in [0.2, 0.25) is 0 Å². The van der Waals surface area contributed by atoms with Gasteiger partial charge in [-0.1, -0.05) is 18.5 Å². The Balaban J connectivity index is 2.17. The molecule has 106 valence electrons. The minimum absolute atomic E-state index is 0.658. The van der Waals surface area contributed by atoms with E-state index in [0.29, 0.717) is 6.54 Å². The van der Waals surface area contributed by atoms with Gasteiger partial charge in [0.05, 0.1) is 24.1 Å². The normalized spacial score (nSPS) is 12.5. The highest BCUT2D eigenvalue weighted by Crippen LogP contribution is 2.36. The number of aromatic nitrogens is 5. The van der Waals surface area contributed by atoms with Crippen molar-refractivity contribution in [3.63, 3.8) is 0 Å². The third-order valence-corrected chi connectivity index (χ3v) is 4.17. The van der Waals surface area contributed by atoms with E-state index in [9.17, 15) is 0 Å².